The Morgan fingerprint density at radius 1 is 1.40 bits per heavy atom. The van der Waals surface area contributed by atoms with E-state index in [4.69, 9.17) is 11.6 Å². The molecule has 15 heavy (non-hydrogen) atoms. The average molecular weight is 226 g/mol. The Hall–Kier alpha value is -1.22. The van der Waals surface area contributed by atoms with Gasteiger partial charge in [0.25, 0.3) is 0 Å². The minimum atomic E-state index is -0.245. The fourth-order valence-corrected chi connectivity index (χ4v) is 1.29. The van der Waals surface area contributed by atoms with Gasteiger partial charge in [0.2, 0.25) is 0 Å². The van der Waals surface area contributed by atoms with Gasteiger partial charge >= 0.3 is 0 Å². The first-order chi connectivity index (χ1) is 7.13. The van der Waals surface area contributed by atoms with E-state index in [2.05, 4.69) is 4.98 Å². The number of hydrogen-bond donors (Lipinski definition) is 0. The molecule has 1 rings (SSSR count). The van der Waals surface area contributed by atoms with Crippen molar-refractivity contribution in [1.29, 1.82) is 0 Å². The van der Waals surface area contributed by atoms with Crippen LogP contribution in [0.3, 0.4) is 0 Å². The number of hydrogen-bond acceptors (Lipinski definition) is 3. The summed E-state index contributed by atoms with van der Waals surface area (Å²) in [6.45, 7) is 1.91. The predicted octanol–water partition coefficient (Wildman–Crippen LogP) is 2.68. The molecule has 0 fully saturated rings. The highest BCUT2D eigenvalue weighted by Gasteiger charge is 2.11. The van der Waals surface area contributed by atoms with Crippen molar-refractivity contribution in [3.05, 3.63) is 29.0 Å². The van der Waals surface area contributed by atoms with E-state index in [1.807, 2.05) is 6.92 Å². The van der Waals surface area contributed by atoms with Crippen LogP contribution in [0.4, 0.5) is 0 Å². The second-order valence-corrected chi connectivity index (χ2v) is 3.69. The molecule has 0 aromatic carbocycles. The minimum absolute atomic E-state index is 0.0424. The number of Topliss-reactive ketones (excluding diaryl/α,β-unsaturated/α-hetero) is 2. The maximum Gasteiger partial charge on any atom is 0.188 e. The van der Waals surface area contributed by atoms with E-state index in [1.54, 1.807) is 6.07 Å². The van der Waals surface area contributed by atoms with Gasteiger partial charge in [0, 0.05) is 12.6 Å². The van der Waals surface area contributed by atoms with Gasteiger partial charge in [0.05, 0.1) is 11.4 Å². The molecule has 0 aliphatic rings. The van der Waals surface area contributed by atoms with Crippen molar-refractivity contribution in [2.75, 3.05) is 0 Å². The first-order valence-electron chi connectivity index (χ1n) is 4.80. The van der Waals surface area contributed by atoms with Gasteiger partial charge in [-0.25, -0.2) is 0 Å². The second-order valence-electron chi connectivity index (χ2n) is 3.25. The molecule has 0 bridgehead atoms. The maximum absolute atomic E-state index is 11.5. The zero-order chi connectivity index (χ0) is 11.3. The van der Waals surface area contributed by atoms with E-state index in [-0.39, 0.29) is 18.0 Å². The van der Waals surface area contributed by atoms with Crippen molar-refractivity contribution in [1.82, 2.24) is 4.98 Å². The van der Waals surface area contributed by atoms with Crippen LogP contribution in [0.5, 0.6) is 0 Å². The lowest BCUT2D eigenvalue weighted by atomic mass is 10.1. The lowest BCUT2D eigenvalue weighted by Gasteiger charge is -1.99. The third kappa shape index (κ3) is 3.80. The Labute approximate surface area is 93.5 Å². The highest BCUT2D eigenvalue weighted by atomic mass is 35.5. The number of carbonyl (C=O) groups is 2. The third-order valence-electron chi connectivity index (χ3n) is 1.90. The number of ketones is 2. The fourth-order valence-electron chi connectivity index (χ4n) is 1.18. The Kier molecular flexibility index (Phi) is 4.43. The Balaban J connectivity index is 2.61. The van der Waals surface area contributed by atoms with Crippen molar-refractivity contribution in [2.24, 2.45) is 0 Å². The minimum Gasteiger partial charge on any atom is -0.299 e. The first kappa shape index (κ1) is 11.9. The van der Waals surface area contributed by atoms with Crippen molar-refractivity contribution >= 4 is 23.2 Å². The molecule has 0 saturated carbocycles. The van der Waals surface area contributed by atoms with Crippen molar-refractivity contribution in [3.8, 4) is 0 Å². The average Bonchev–Trinajstić information content (AvgIpc) is 2.18. The molecule has 0 unspecified atom stereocenters. The zero-order valence-electron chi connectivity index (χ0n) is 8.50. The van der Waals surface area contributed by atoms with Gasteiger partial charge in [-0.2, -0.15) is 0 Å². The number of nitrogens with zero attached hydrogens (tertiary/aromatic N) is 1. The van der Waals surface area contributed by atoms with E-state index in [0.717, 1.165) is 6.42 Å². The number of carbonyl (C=O) groups excluding carboxylic acids is 2. The van der Waals surface area contributed by atoms with Crippen LogP contribution in [0.1, 0.15) is 36.7 Å². The van der Waals surface area contributed by atoms with Crippen LogP contribution < -0.4 is 0 Å². The van der Waals surface area contributed by atoms with Gasteiger partial charge in [-0.1, -0.05) is 18.5 Å². The van der Waals surface area contributed by atoms with Crippen LogP contribution in [-0.2, 0) is 4.79 Å². The van der Waals surface area contributed by atoms with E-state index < -0.39 is 0 Å². The molecule has 0 spiro atoms. The van der Waals surface area contributed by atoms with Crippen LogP contribution in [0.2, 0.25) is 5.02 Å². The van der Waals surface area contributed by atoms with Gasteiger partial charge < -0.3 is 0 Å². The molecular formula is C11H12ClNO2. The molecule has 3 nitrogen and oxygen atoms in total. The number of pyridine rings is 1. The molecule has 0 saturated heterocycles. The summed E-state index contributed by atoms with van der Waals surface area (Å²) in [5.41, 5.74) is 0.295. The van der Waals surface area contributed by atoms with Gasteiger partial charge in [-0.05, 0) is 18.6 Å². The van der Waals surface area contributed by atoms with E-state index >= 15 is 0 Å². The van der Waals surface area contributed by atoms with Crippen molar-refractivity contribution in [3.63, 3.8) is 0 Å². The van der Waals surface area contributed by atoms with Crippen LogP contribution in [0, 0.1) is 0 Å². The summed E-state index contributed by atoms with van der Waals surface area (Å²) >= 11 is 5.63. The molecule has 4 heteroatoms. The quantitative estimate of drug-likeness (QED) is 0.572. The zero-order valence-corrected chi connectivity index (χ0v) is 9.25. The molecule has 0 amide bonds. The summed E-state index contributed by atoms with van der Waals surface area (Å²) in [7, 11) is 0. The molecule has 0 aliphatic heterocycles. The predicted molar refractivity (Wildman–Crippen MR) is 58.1 cm³/mol. The number of aromatic nitrogens is 1. The molecule has 1 aromatic heterocycles. The molecule has 0 atom stereocenters. The van der Waals surface area contributed by atoms with Crippen molar-refractivity contribution in [2.45, 2.75) is 26.2 Å². The van der Waals surface area contributed by atoms with Gasteiger partial charge in [0.15, 0.2) is 5.78 Å². The smallest absolute Gasteiger partial charge is 0.188 e. The van der Waals surface area contributed by atoms with Gasteiger partial charge in [0.1, 0.15) is 11.5 Å². The molecule has 1 aromatic rings. The monoisotopic (exact) mass is 225 g/mol. The summed E-state index contributed by atoms with van der Waals surface area (Å²) in [4.78, 5) is 26.6. The number of rotatable bonds is 5. The summed E-state index contributed by atoms with van der Waals surface area (Å²) in [6.07, 6.45) is 2.54. The lowest BCUT2D eigenvalue weighted by Crippen LogP contribution is -2.09. The molecule has 0 N–H and O–H groups in total. The Bertz CT molecular complexity index is 359. The van der Waals surface area contributed by atoms with Crippen LogP contribution >= 0.6 is 11.6 Å². The Morgan fingerprint density at radius 3 is 2.67 bits per heavy atom. The topological polar surface area (TPSA) is 47.0 Å². The van der Waals surface area contributed by atoms with Crippen molar-refractivity contribution < 1.29 is 9.59 Å². The lowest BCUT2D eigenvalue weighted by molar-refractivity contribution is -0.118. The largest absolute Gasteiger partial charge is 0.299 e. The molecule has 0 radical (unpaired) electrons. The molecular weight excluding hydrogens is 214 g/mol. The SMILES string of the molecule is CCCC(=O)CC(=O)c1ccc(Cl)cn1. The molecule has 80 valence electrons. The summed E-state index contributed by atoms with van der Waals surface area (Å²) in [5, 5.41) is 0.478. The van der Waals surface area contributed by atoms with Crippen LogP contribution in [0.15, 0.2) is 18.3 Å². The van der Waals surface area contributed by atoms with E-state index in [0.29, 0.717) is 17.1 Å². The number of halogens is 1. The second kappa shape index (κ2) is 5.61. The Morgan fingerprint density at radius 2 is 2.13 bits per heavy atom. The molecule has 0 aliphatic carbocycles. The third-order valence-corrected chi connectivity index (χ3v) is 2.12. The van der Waals surface area contributed by atoms with Crippen LogP contribution in [-0.4, -0.2) is 16.6 Å². The van der Waals surface area contributed by atoms with E-state index in [9.17, 15) is 9.59 Å². The molecule has 1 heterocycles. The fraction of sp³-hybridized carbons (Fsp3) is 0.364. The summed E-state index contributed by atoms with van der Waals surface area (Å²) in [6, 6.07) is 3.12. The normalized spacial score (nSPS) is 10.0. The highest BCUT2D eigenvalue weighted by Crippen LogP contribution is 2.08. The first-order valence-corrected chi connectivity index (χ1v) is 5.17. The van der Waals surface area contributed by atoms with Crippen LogP contribution in [0.25, 0.3) is 0 Å². The summed E-state index contributed by atoms with van der Waals surface area (Å²) in [5.74, 6) is -0.288. The van der Waals surface area contributed by atoms with E-state index in [1.165, 1.54) is 12.3 Å². The summed E-state index contributed by atoms with van der Waals surface area (Å²) < 4.78 is 0. The standard InChI is InChI=1S/C11H12ClNO2/c1-2-3-9(14)6-11(15)10-5-4-8(12)7-13-10/h4-5,7H,2-3,6H2,1H3. The van der Waals surface area contributed by atoms with Gasteiger partial charge in [-0.15, -0.1) is 0 Å². The van der Waals surface area contributed by atoms with Gasteiger partial charge in [-0.3, -0.25) is 14.6 Å². The highest BCUT2D eigenvalue weighted by molar-refractivity contribution is 6.30. The maximum atomic E-state index is 11.5.